The number of fused-ring (bicyclic) bond motifs is 1. The number of halogens is 1. The molecule has 1 amide bonds. The zero-order valence-electron chi connectivity index (χ0n) is 16.9. The monoisotopic (exact) mass is 412 g/mol. The van der Waals surface area contributed by atoms with Gasteiger partial charge in [-0.1, -0.05) is 17.7 Å². The predicted octanol–water partition coefficient (Wildman–Crippen LogP) is 4.97. The summed E-state index contributed by atoms with van der Waals surface area (Å²) in [5, 5.41) is 4.70. The van der Waals surface area contributed by atoms with Gasteiger partial charge < -0.3 is 19.4 Å². The Morgan fingerprint density at radius 2 is 2.10 bits per heavy atom. The molecule has 2 aromatic carbocycles. The number of anilines is 1. The van der Waals surface area contributed by atoms with Crippen molar-refractivity contribution in [3.05, 3.63) is 58.3 Å². The van der Waals surface area contributed by atoms with Gasteiger partial charge in [-0.2, -0.15) is 0 Å². The number of hydrogen-bond acceptors (Lipinski definition) is 4. The fourth-order valence-corrected chi connectivity index (χ4v) is 4.17. The van der Waals surface area contributed by atoms with Gasteiger partial charge >= 0.3 is 0 Å². The molecule has 0 radical (unpaired) electrons. The molecular formula is C23H25ClN2O3. The molecular weight excluding hydrogens is 388 g/mol. The maximum atomic E-state index is 12.7. The number of hydrogen-bond donors (Lipinski definition) is 1. The van der Waals surface area contributed by atoms with Gasteiger partial charge in [0, 0.05) is 41.3 Å². The van der Waals surface area contributed by atoms with Crippen LogP contribution in [0.1, 0.15) is 28.1 Å². The fraction of sp³-hybridized carbons (Fsp3) is 0.348. The Morgan fingerprint density at radius 1 is 1.28 bits per heavy atom. The third kappa shape index (κ3) is 3.92. The number of amides is 1. The molecule has 0 spiro atoms. The second kappa shape index (κ2) is 7.99. The van der Waals surface area contributed by atoms with E-state index in [2.05, 4.69) is 17.1 Å². The molecule has 1 fully saturated rings. The summed E-state index contributed by atoms with van der Waals surface area (Å²) in [5.74, 6) is 1.33. The normalized spacial score (nSPS) is 16.4. The maximum Gasteiger partial charge on any atom is 0.287 e. The van der Waals surface area contributed by atoms with E-state index in [4.69, 9.17) is 20.8 Å². The van der Waals surface area contributed by atoms with E-state index in [1.807, 2.05) is 43.3 Å². The second-order valence-electron chi connectivity index (χ2n) is 7.66. The molecule has 1 N–H and O–H groups in total. The average molecular weight is 413 g/mol. The molecule has 0 saturated carbocycles. The van der Waals surface area contributed by atoms with Gasteiger partial charge in [0.25, 0.3) is 5.91 Å². The lowest BCUT2D eigenvalue weighted by molar-refractivity contribution is 0.0922. The first kappa shape index (κ1) is 19.6. The largest absolute Gasteiger partial charge is 0.497 e. The molecule has 4 rings (SSSR count). The number of rotatable bonds is 5. The SMILES string of the molecule is COc1ccc2oc(C(=O)NCC3CCN(c4cc(Cl)ccc4C)C3)c(C)c2c1. The standard InChI is InChI=1S/C23H25ClN2O3/c1-14-4-5-17(24)10-20(14)26-9-8-16(13-26)12-25-23(27)22-15(2)19-11-18(28-3)6-7-21(19)29-22/h4-7,10-11,16H,8-9,12-13H2,1-3H3,(H,25,27). The Bertz CT molecular complexity index is 1060. The van der Waals surface area contributed by atoms with Crippen LogP contribution in [0, 0.1) is 19.8 Å². The number of ether oxygens (including phenoxy) is 1. The highest BCUT2D eigenvalue weighted by Crippen LogP contribution is 2.30. The molecule has 1 unspecified atom stereocenters. The van der Waals surface area contributed by atoms with Crippen LogP contribution >= 0.6 is 11.6 Å². The van der Waals surface area contributed by atoms with E-state index in [1.165, 1.54) is 11.3 Å². The summed E-state index contributed by atoms with van der Waals surface area (Å²) in [4.78, 5) is 15.1. The zero-order valence-corrected chi connectivity index (χ0v) is 17.7. The van der Waals surface area contributed by atoms with Crippen molar-refractivity contribution in [2.75, 3.05) is 31.6 Å². The quantitative estimate of drug-likeness (QED) is 0.643. The Balaban J connectivity index is 1.41. The van der Waals surface area contributed by atoms with Crippen LogP contribution in [0.4, 0.5) is 5.69 Å². The summed E-state index contributed by atoms with van der Waals surface area (Å²) in [6.07, 6.45) is 1.03. The molecule has 1 atom stereocenters. The smallest absolute Gasteiger partial charge is 0.287 e. The number of benzene rings is 2. The molecule has 1 saturated heterocycles. The Kier molecular flexibility index (Phi) is 5.41. The molecule has 1 aliphatic rings. The van der Waals surface area contributed by atoms with Crippen LogP contribution < -0.4 is 15.0 Å². The van der Waals surface area contributed by atoms with E-state index in [0.29, 0.717) is 23.8 Å². The van der Waals surface area contributed by atoms with Crippen molar-refractivity contribution in [1.82, 2.24) is 5.32 Å². The highest BCUT2D eigenvalue weighted by molar-refractivity contribution is 6.30. The minimum Gasteiger partial charge on any atom is -0.497 e. The second-order valence-corrected chi connectivity index (χ2v) is 8.10. The molecule has 1 aromatic heterocycles. The van der Waals surface area contributed by atoms with Crippen molar-refractivity contribution in [1.29, 1.82) is 0 Å². The van der Waals surface area contributed by atoms with Crippen LogP contribution in [0.15, 0.2) is 40.8 Å². The van der Waals surface area contributed by atoms with Crippen molar-refractivity contribution in [3.63, 3.8) is 0 Å². The van der Waals surface area contributed by atoms with Gasteiger partial charge in [0.15, 0.2) is 5.76 Å². The molecule has 6 heteroatoms. The third-order valence-electron chi connectivity index (χ3n) is 5.70. The molecule has 29 heavy (non-hydrogen) atoms. The van der Waals surface area contributed by atoms with E-state index in [-0.39, 0.29) is 5.91 Å². The summed E-state index contributed by atoms with van der Waals surface area (Å²) in [6, 6.07) is 11.5. The number of carbonyl (C=O) groups is 1. The Morgan fingerprint density at radius 3 is 2.90 bits per heavy atom. The van der Waals surface area contributed by atoms with E-state index in [9.17, 15) is 4.79 Å². The number of aryl methyl sites for hydroxylation is 2. The average Bonchev–Trinajstić information content (AvgIpc) is 3.32. The predicted molar refractivity (Wildman–Crippen MR) is 116 cm³/mol. The van der Waals surface area contributed by atoms with E-state index >= 15 is 0 Å². The third-order valence-corrected chi connectivity index (χ3v) is 5.93. The summed E-state index contributed by atoms with van der Waals surface area (Å²) in [7, 11) is 1.62. The van der Waals surface area contributed by atoms with E-state index in [0.717, 1.165) is 41.2 Å². The van der Waals surface area contributed by atoms with Gasteiger partial charge in [-0.05, 0) is 62.1 Å². The van der Waals surface area contributed by atoms with E-state index < -0.39 is 0 Å². The molecule has 3 aromatic rings. The minimum atomic E-state index is -0.171. The van der Waals surface area contributed by atoms with Crippen molar-refractivity contribution < 1.29 is 13.9 Å². The molecule has 5 nitrogen and oxygen atoms in total. The number of furan rings is 1. The summed E-state index contributed by atoms with van der Waals surface area (Å²) < 4.78 is 11.1. The number of nitrogens with one attached hydrogen (secondary N) is 1. The number of methoxy groups -OCH3 is 1. The maximum absolute atomic E-state index is 12.7. The summed E-state index contributed by atoms with van der Waals surface area (Å²) in [6.45, 7) is 6.48. The number of carbonyl (C=O) groups excluding carboxylic acids is 1. The minimum absolute atomic E-state index is 0.171. The van der Waals surface area contributed by atoms with Crippen LogP contribution in [-0.4, -0.2) is 32.7 Å². The van der Waals surface area contributed by atoms with Crippen LogP contribution in [0.5, 0.6) is 5.75 Å². The van der Waals surface area contributed by atoms with Gasteiger partial charge in [0.2, 0.25) is 0 Å². The highest BCUT2D eigenvalue weighted by Gasteiger charge is 2.25. The molecule has 0 bridgehead atoms. The fourth-order valence-electron chi connectivity index (χ4n) is 4.00. The Hall–Kier alpha value is -2.66. The van der Waals surface area contributed by atoms with Crippen LogP contribution in [0.3, 0.4) is 0 Å². The molecule has 0 aliphatic carbocycles. The molecule has 152 valence electrons. The van der Waals surface area contributed by atoms with Crippen molar-refractivity contribution in [2.24, 2.45) is 5.92 Å². The van der Waals surface area contributed by atoms with E-state index in [1.54, 1.807) is 7.11 Å². The Labute approximate surface area is 175 Å². The molecule has 1 aliphatic heterocycles. The summed E-state index contributed by atoms with van der Waals surface area (Å²) in [5.41, 5.74) is 3.91. The van der Waals surface area contributed by atoms with Gasteiger partial charge in [-0.25, -0.2) is 0 Å². The van der Waals surface area contributed by atoms with Gasteiger partial charge in [0.1, 0.15) is 11.3 Å². The van der Waals surface area contributed by atoms with Crippen molar-refractivity contribution in [3.8, 4) is 5.75 Å². The zero-order chi connectivity index (χ0) is 20.5. The first-order valence-electron chi connectivity index (χ1n) is 9.82. The number of nitrogens with zero attached hydrogens (tertiary/aromatic N) is 1. The van der Waals surface area contributed by atoms with Crippen LogP contribution in [0.2, 0.25) is 5.02 Å². The van der Waals surface area contributed by atoms with Crippen molar-refractivity contribution >= 4 is 34.2 Å². The lowest BCUT2D eigenvalue weighted by Crippen LogP contribution is -2.31. The topological polar surface area (TPSA) is 54.7 Å². The molecule has 2 heterocycles. The highest BCUT2D eigenvalue weighted by atomic mass is 35.5. The summed E-state index contributed by atoms with van der Waals surface area (Å²) >= 11 is 6.17. The van der Waals surface area contributed by atoms with Gasteiger partial charge in [-0.15, -0.1) is 0 Å². The van der Waals surface area contributed by atoms with Crippen LogP contribution in [-0.2, 0) is 0 Å². The van der Waals surface area contributed by atoms with Gasteiger partial charge in [-0.3, -0.25) is 4.79 Å². The van der Waals surface area contributed by atoms with Crippen LogP contribution in [0.25, 0.3) is 11.0 Å². The lowest BCUT2D eigenvalue weighted by Gasteiger charge is -2.21. The van der Waals surface area contributed by atoms with Gasteiger partial charge in [0.05, 0.1) is 7.11 Å². The first-order chi connectivity index (χ1) is 14.0. The lowest BCUT2D eigenvalue weighted by atomic mass is 10.1. The first-order valence-corrected chi connectivity index (χ1v) is 10.2. The van der Waals surface area contributed by atoms with Crippen molar-refractivity contribution in [2.45, 2.75) is 20.3 Å².